The van der Waals surface area contributed by atoms with Gasteiger partial charge in [0, 0.05) is 43.0 Å². The highest BCUT2D eigenvalue weighted by molar-refractivity contribution is 6.74. The predicted molar refractivity (Wildman–Crippen MR) is 234 cm³/mol. The van der Waals surface area contributed by atoms with Crippen LogP contribution in [-0.4, -0.2) is 104 Å². The minimum Gasteiger partial charge on any atom is -0.493 e. The fourth-order valence-corrected chi connectivity index (χ4v) is 8.45. The number of rotatable bonds is 16. The molecule has 4 rings (SSSR count). The van der Waals surface area contributed by atoms with Gasteiger partial charge >= 0.3 is 0 Å². The van der Waals surface area contributed by atoms with Gasteiger partial charge in [-0.05, 0) is 61.2 Å². The number of anilines is 2. The maximum Gasteiger partial charge on any atom is 0.256 e. The van der Waals surface area contributed by atoms with Crippen molar-refractivity contribution >= 4 is 39.8 Å². The van der Waals surface area contributed by atoms with Gasteiger partial charge in [-0.1, -0.05) is 65.8 Å². The summed E-state index contributed by atoms with van der Waals surface area (Å²) in [6.45, 7) is 32.7. The van der Waals surface area contributed by atoms with Gasteiger partial charge in [0.2, 0.25) is 0 Å². The molecular formula is C43H68N4O8Si2. The molecule has 57 heavy (non-hydrogen) atoms. The summed E-state index contributed by atoms with van der Waals surface area (Å²) in [4.78, 5) is 31.4. The lowest BCUT2D eigenvalue weighted by Gasteiger charge is -2.38. The van der Waals surface area contributed by atoms with E-state index in [0.717, 1.165) is 11.1 Å². The summed E-state index contributed by atoms with van der Waals surface area (Å²) < 4.78 is 36.4. The third-order valence-electron chi connectivity index (χ3n) is 12.1. The van der Waals surface area contributed by atoms with Crippen molar-refractivity contribution in [2.24, 2.45) is 0 Å². The minimum absolute atomic E-state index is 0.0567. The summed E-state index contributed by atoms with van der Waals surface area (Å²) in [7, 11) is -0.973. The van der Waals surface area contributed by atoms with E-state index in [1.807, 2.05) is 0 Å². The van der Waals surface area contributed by atoms with Crippen LogP contribution in [0.25, 0.3) is 0 Å². The van der Waals surface area contributed by atoms with E-state index < -0.39 is 16.6 Å². The van der Waals surface area contributed by atoms with Crippen LogP contribution >= 0.6 is 0 Å². The highest BCUT2D eigenvalue weighted by Crippen LogP contribution is 2.40. The van der Waals surface area contributed by atoms with Crippen molar-refractivity contribution in [2.45, 2.75) is 109 Å². The van der Waals surface area contributed by atoms with E-state index in [4.69, 9.17) is 39.3 Å². The number of benzene rings is 2. The lowest BCUT2D eigenvalue weighted by atomic mass is 10.1. The number of hydrogen-bond donors (Lipinski definition) is 2. The van der Waals surface area contributed by atoms with Crippen molar-refractivity contribution in [1.82, 2.24) is 9.80 Å². The van der Waals surface area contributed by atoms with Crippen LogP contribution in [0.3, 0.4) is 0 Å². The third kappa shape index (κ3) is 10.7. The molecule has 14 heteroatoms. The topological polar surface area (TPSA) is 148 Å². The van der Waals surface area contributed by atoms with E-state index in [-0.39, 0.29) is 58.6 Å². The molecule has 2 heterocycles. The Morgan fingerprint density at radius 1 is 0.667 bits per heavy atom. The van der Waals surface area contributed by atoms with Crippen LogP contribution < -0.4 is 30.4 Å². The van der Waals surface area contributed by atoms with Crippen LogP contribution in [0.4, 0.5) is 11.4 Å². The van der Waals surface area contributed by atoms with E-state index >= 15 is 0 Å². The third-order valence-corrected chi connectivity index (χ3v) is 21.1. The summed E-state index contributed by atoms with van der Waals surface area (Å²) in [6.07, 6.45) is 1.86. The maximum atomic E-state index is 13.9. The number of nitrogen functional groups attached to an aromatic ring is 2. The zero-order chi connectivity index (χ0) is 42.7. The van der Waals surface area contributed by atoms with Crippen molar-refractivity contribution < 1.29 is 37.4 Å². The quantitative estimate of drug-likeness (QED) is 0.0733. The van der Waals surface area contributed by atoms with Crippen molar-refractivity contribution in [3.05, 3.63) is 59.7 Å². The predicted octanol–water partition coefficient (Wildman–Crippen LogP) is 8.30. The smallest absolute Gasteiger partial charge is 0.256 e. The first kappa shape index (κ1) is 45.7. The number of hydrogen-bond acceptors (Lipinski definition) is 10. The second-order valence-corrected chi connectivity index (χ2v) is 28.1. The molecule has 2 aliphatic heterocycles. The van der Waals surface area contributed by atoms with E-state index in [1.165, 1.54) is 14.2 Å². The number of carbonyl (C=O) groups is 2. The van der Waals surface area contributed by atoms with Crippen LogP contribution in [0, 0.1) is 0 Å². The van der Waals surface area contributed by atoms with Crippen LogP contribution in [0.15, 0.2) is 48.6 Å². The molecule has 2 atom stereocenters. The zero-order valence-electron chi connectivity index (χ0n) is 36.6. The van der Waals surface area contributed by atoms with Gasteiger partial charge in [0.05, 0.1) is 63.9 Å². The van der Waals surface area contributed by atoms with Gasteiger partial charge in [0.1, 0.15) is 0 Å². The summed E-state index contributed by atoms with van der Waals surface area (Å²) >= 11 is 0. The van der Waals surface area contributed by atoms with Gasteiger partial charge < -0.3 is 49.1 Å². The van der Waals surface area contributed by atoms with Gasteiger partial charge in [0.25, 0.3) is 11.8 Å². The molecule has 316 valence electrons. The van der Waals surface area contributed by atoms with Crippen molar-refractivity contribution in [2.75, 3.05) is 65.2 Å². The number of carbonyl (C=O) groups excluding carboxylic acids is 2. The molecule has 2 aliphatic rings. The molecule has 0 radical (unpaired) electrons. The number of nitrogens with two attached hydrogens (primary N) is 2. The molecule has 12 nitrogen and oxygen atoms in total. The Bertz CT molecular complexity index is 1690. The summed E-state index contributed by atoms with van der Waals surface area (Å²) in [5.74, 6) is 1.22. The van der Waals surface area contributed by atoms with Gasteiger partial charge in [-0.3, -0.25) is 9.59 Å². The molecule has 0 aromatic heterocycles. The highest BCUT2D eigenvalue weighted by Gasteiger charge is 2.41. The zero-order valence-corrected chi connectivity index (χ0v) is 38.6. The molecule has 2 saturated heterocycles. The van der Waals surface area contributed by atoms with Crippen molar-refractivity contribution in [3.8, 4) is 23.0 Å². The van der Waals surface area contributed by atoms with E-state index in [9.17, 15) is 9.59 Å². The van der Waals surface area contributed by atoms with Gasteiger partial charge in [-0.2, -0.15) is 0 Å². The molecule has 2 fully saturated rings. The number of methoxy groups -OCH3 is 2. The fourth-order valence-electron chi connectivity index (χ4n) is 6.37. The standard InChI is InChI=1S/C43H68N4O8Si2/c1-28-18-30(26-54-56(11,12)42(3,4)5)46(24-28)40(48)32-20-36(50-9)38(22-34(32)44)52-16-15-17-53-39-23-35(45)33(21-37(39)51-10)41(49)47-25-29(2)19-31(47)27-55-57(13,14)43(6,7)8/h20-23,30-31H,1-2,15-19,24-27,44-45H2,3-14H3/t30-,31-/m0/s1. The van der Waals surface area contributed by atoms with Crippen molar-refractivity contribution in [3.63, 3.8) is 0 Å². The molecule has 0 unspecified atom stereocenters. The van der Waals surface area contributed by atoms with E-state index in [1.54, 1.807) is 34.1 Å². The molecule has 4 N–H and O–H groups in total. The first-order chi connectivity index (χ1) is 26.4. The second kappa shape index (κ2) is 17.9. The molecule has 2 aromatic rings. The molecule has 0 aliphatic carbocycles. The maximum absolute atomic E-state index is 13.9. The summed E-state index contributed by atoms with van der Waals surface area (Å²) in [6, 6.07) is 6.27. The fraction of sp³-hybridized carbons (Fsp3) is 0.581. The first-order valence-corrected chi connectivity index (χ1v) is 25.7. The van der Waals surface area contributed by atoms with Crippen molar-refractivity contribution in [1.29, 1.82) is 0 Å². The Balaban J connectivity index is 1.36. The molecule has 2 amide bonds. The average molecular weight is 825 g/mol. The first-order valence-electron chi connectivity index (χ1n) is 19.8. The van der Waals surface area contributed by atoms with Gasteiger partial charge in [0.15, 0.2) is 39.6 Å². The van der Waals surface area contributed by atoms with Crippen LogP contribution in [0.1, 0.15) is 81.5 Å². The molecule has 0 saturated carbocycles. The molecule has 0 bridgehead atoms. The highest BCUT2D eigenvalue weighted by atomic mass is 28.4. The number of nitrogens with zero attached hydrogens (tertiary/aromatic N) is 2. The van der Waals surface area contributed by atoms with Gasteiger partial charge in [-0.15, -0.1) is 0 Å². The monoisotopic (exact) mass is 824 g/mol. The van der Waals surface area contributed by atoms with Crippen LogP contribution in [0.5, 0.6) is 23.0 Å². The Kier molecular flexibility index (Phi) is 14.3. The van der Waals surface area contributed by atoms with E-state index in [0.29, 0.717) is 79.7 Å². The largest absolute Gasteiger partial charge is 0.493 e. The lowest BCUT2D eigenvalue weighted by molar-refractivity contribution is 0.0680. The summed E-state index contributed by atoms with van der Waals surface area (Å²) in [5.41, 5.74) is 16.1. The Hall–Kier alpha value is -3.99. The molecule has 0 spiro atoms. The lowest BCUT2D eigenvalue weighted by Crippen LogP contribution is -2.46. The number of amides is 2. The SMILES string of the molecule is C=C1C[C@@H](CO[Si](C)(C)C(C)(C)C)N(C(=O)c2cc(OC)c(OCCCOc3cc(N)c(C(=O)N4CC(=C)C[C@H]4CO[Si](C)(C)C(C)(C)C)cc3OC)cc2N)C1. The van der Waals surface area contributed by atoms with Crippen LogP contribution in [0.2, 0.25) is 36.3 Å². The average Bonchev–Trinajstić information content (AvgIpc) is 3.69. The van der Waals surface area contributed by atoms with E-state index in [2.05, 4.69) is 80.9 Å². The van der Waals surface area contributed by atoms with Crippen LogP contribution in [-0.2, 0) is 8.85 Å². The Morgan fingerprint density at radius 3 is 1.33 bits per heavy atom. The minimum atomic E-state index is -2.01. The Morgan fingerprint density at radius 2 is 1.02 bits per heavy atom. The Labute approximate surface area is 343 Å². The van der Waals surface area contributed by atoms with Gasteiger partial charge in [-0.25, -0.2) is 0 Å². The molecule has 2 aromatic carbocycles. The second-order valence-electron chi connectivity index (χ2n) is 18.5. The number of likely N-dealkylation sites (tertiary alicyclic amines) is 2. The molecular weight excluding hydrogens is 757 g/mol. The summed E-state index contributed by atoms with van der Waals surface area (Å²) in [5, 5.41) is 0.113. The normalized spacial score (nSPS) is 18.0. The number of ether oxygens (including phenoxy) is 4.